The summed E-state index contributed by atoms with van der Waals surface area (Å²) in [6.45, 7) is 1.62. The molecule has 156 valence electrons. The Hall–Kier alpha value is -3.81. The molecule has 1 aliphatic heterocycles. The maximum Gasteiger partial charge on any atom is 0.274 e. The van der Waals surface area contributed by atoms with Crippen LogP contribution in [0.1, 0.15) is 22.3 Å². The van der Waals surface area contributed by atoms with Crippen molar-refractivity contribution >= 4 is 34.8 Å². The fraction of sp³-hybridized carbons (Fsp3) is 0.261. The van der Waals surface area contributed by atoms with Crippen LogP contribution in [0.15, 0.2) is 54.6 Å². The smallest absolute Gasteiger partial charge is 0.274 e. The summed E-state index contributed by atoms with van der Waals surface area (Å²) in [5, 5.41) is 13.7. The van der Waals surface area contributed by atoms with E-state index in [2.05, 4.69) is 5.32 Å². The molecule has 3 aliphatic rings. The lowest BCUT2D eigenvalue weighted by Crippen LogP contribution is -2.32. The van der Waals surface area contributed by atoms with Crippen LogP contribution < -0.4 is 10.2 Å². The number of nitro groups is 1. The minimum absolute atomic E-state index is 0.0757. The maximum atomic E-state index is 12.9. The van der Waals surface area contributed by atoms with Crippen LogP contribution in [0, 0.1) is 40.7 Å². The molecular formula is C23H19N3O5. The molecule has 2 bridgehead atoms. The normalized spacial score (nSPS) is 25.8. The Morgan fingerprint density at radius 2 is 1.65 bits per heavy atom. The zero-order valence-electron chi connectivity index (χ0n) is 16.6. The number of hydrogen-bond donors (Lipinski definition) is 1. The average molecular weight is 417 g/mol. The predicted molar refractivity (Wildman–Crippen MR) is 112 cm³/mol. The van der Waals surface area contributed by atoms with E-state index in [-0.39, 0.29) is 41.2 Å². The van der Waals surface area contributed by atoms with Gasteiger partial charge in [-0.2, -0.15) is 0 Å². The first-order valence-electron chi connectivity index (χ1n) is 10.1. The molecule has 2 aliphatic carbocycles. The Labute approximate surface area is 177 Å². The summed E-state index contributed by atoms with van der Waals surface area (Å²) in [5.74, 6) is -1.05. The maximum absolute atomic E-state index is 12.9. The van der Waals surface area contributed by atoms with Crippen molar-refractivity contribution in [1.29, 1.82) is 0 Å². The molecule has 8 nitrogen and oxygen atoms in total. The summed E-state index contributed by atoms with van der Waals surface area (Å²) in [4.78, 5) is 50.2. The highest BCUT2D eigenvalue weighted by Crippen LogP contribution is 2.53. The number of aryl methyl sites for hydroxylation is 1. The summed E-state index contributed by atoms with van der Waals surface area (Å²) in [6.07, 6.45) is 4.96. The monoisotopic (exact) mass is 417 g/mol. The molecule has 1 N–H and O–H groups in total. The highest BCUT2D eigenvalue weighted by molar-refractivity contribution is 6.23. The van der Waals surface area contributed by atoms with Gasteiger partial charge < -0.3 is 5.32 Å². The van der Waals surface area contributed by atoms with E-state index < -0.39 is 10.8 Å². The van der Waals surface area contributed by atoms with E-state index in [0.717, 1.165) is 6.42 Å². The van der Waals surface area contributed by atoms with E-state index in [4.69, 9.17) is 0 Å². The van der Waals surface area contributed by atoms with E-state index in [1.807, 2.05) is 12.2 Å². The van der Waals surface area contributed by atoms with Gasteiger partial charge in [-0.15, -0.1) is 0 Å². The first kappa shape index (κ1) is 19.2. The molecule has 31 heavy (non-hydrogen) atoms. The Morgan fingerprint density at radius 3 is 2.23 bits per heavy atom. The molecule has 4 unspecified atom stereocenters. The van der Waals surface area contributed by atoms with Gasteiger partial charge in [-0.1, -0.05) is 18.2 Å². The van der Waals surface area contributed by atoms with Gasteiger partial charge in [0.25, 0.3) is 11.6 Å². The molecule has 2 fully saturated rings. The van der Waals surface area contributed by atoms with E-state index in [0.29, 0.717) is 22.5 Å². The lowest BCUT2D eigenvalue weighted by atomic mass is 9.85. The number of carbonyl (C=O) groups is 3. The van der Waals surface area contributed by atoms with Crippen molar-refractivity contribution < 1.29 is 19.3 Å². The molecule has 4 atom stereocenters. The Bertz CT molecular complexity index is 1140. The summed E-state index contributed by atoms with van der Waals surface area (Å²) in [5.41, 5.74) is 1.50. The summed E-state index contributed by atoms with van der Waals surface area (Å²) >= 11 is 0. The number of imide groups is 1. The topological polar surface area (TPSA) is 110 Å². The Balaban J connectivity index is 1.33. The number of fused-ring (bicyclic) bond motifs is 5. The number of rotatable bonds is 4. The van der Waals surface area contributed by atoms with Crippen LogP contribution in [0.5, 0.6) is 0 Å². The van der Waals surface area contributed by atoms with Gasteiger partial charge in [-0.3, -0.25) is 29.4 Å². The molecule has 2 aromatic carbocycles. The van der Waals surface area contributed by atoms with Gasteiger partial charge in [0, 0.05) is 22.9 Å². The number of amides is 3. The van der Waals surface area contributed by atoms with Crippen molar-refractivity contribution in [3.63, 3.8) is 0 Å². The molecule has 2 aromatic rings. The molecule has 1 saturated heterocycles. The van der Waals surface area contributed by atoms with Crippen LogP contribution in [0.4, 0.5) is 17.1 Å². The van der Waals surface area contributed by atoms with Gasteiger partial charge in [0.1, 0.15) is 0 Å². The Kier molecular flexibility index (Phi) is 4.25. The number of nitrogens with zero attached hydrogens (tertiary/aromatic N) is 2. The highest BCUT2D eigenvalue weighted by atomic mass is 16.6. The number of allylic oxidation sites excluding steroid dienone is 2. The minimum Gasteiger partial charge on any atom is -0.322 e. The SMILES string of the molecule is Cc1ccc(NC(=O)c2ccc(N3C(=O)C4C5C=CC(C5)C4C3=O)cc2)cc1[N+](=O)[O-]. The number of carbonyl (C=O) groups excluding carboxylic acids is 3. The summed E-state index contributed by atoms with van der Waals surface area (Å²) < 4.78 is 0. The lowest BCUT2D eigenvalue weighted by molar-refractivity contribution is -0.385. The molecule has 3 amide bonds. The number of nitro benzene ring substituents is 1. The van der Waals surface area contributed by atoms with Gasteiger partial charge in [0.15, 0.2) is 0 Å². The van der Waals surface area contributed by atoms with Gasteiger partial charge in [-0.25, -0.2) is 0 Å². The summed E-state index contributed by atoms with van der Waals surface area (Å²) in [6, 6.07) is 10.7. The van der Waals surface area contributed by atoms with E-state index >= 15 is 0 Å². The van der Waals surface area contributed by atoms with Crippen molar-refractivity contribution in [2.24, 2.45) is 23.7 Å². The number of anilines is 2. The third-order valence-corrected chi connectivity index (χ3v) is 6.52. The first-order chi connectivity index (χ1) is 14.8. The minimum atomic E-state index is -0.499. The largest absolute Gasteiger partial charge is 0.322 e. The summed E-state index contributed by atoms with van der Waals surface area (Å²) in [7, 11) is 0. The number of hydrogen-bond acceptors (Lipinski definition) is 5. The molecule has 0 spiro atoms. The van der Waals surface area contributed by atoms with E-state index in [1.54, 1.807) is 31.2 Å². The zero-order valence-corrected chi connectivity index (χ0v) is 16.6. The highest BCUT2D eigenvalue weighted by Gasteiger charge is 2.59. The zero-order chi connectivity index (χ0) is 21.9. The average Bonchev–Trinajstić information content (AvgIpc) is 3.43. The van der Waals surface area contributed by atoms with Crippen molar-refractivity contribution in [3.8, 4) is 0 Å². The molecule has 1 saturated carbocycles. The standard InChI is InChI=1S/C23H19N3O5/c1-12-2-7-16(11-18(12)26(30)31)24-21(27)13-5-8-17(9-6-13)25-22(28)19-14-3-4-15(10-14)20(19)23(25)29/h2-9,11,14-15,19-20H,10H2,1H3,(H,24,27). The van der Waals surface area contributed by atoms with Crippen LogP contribution in [0.3, 0.4) is 0 Å². The number of benzene rings is 2. The second-order valence-electron chi connectivity index (χ2n) is 8.27. The van der Waals surface area contributed by atoms with Crippen molar-refractivity contribution in [2.75, 3.05) is 10.2 Å². The van der Waals surface area contributed by atoms with E-state index in [9.17, 15) is 24.5 Å². The van der Waals surface area contributed by atoms with Gasteiger partial charge in [0.05, 0.1) is 22.4 Å². The van der Waals surface area contributed by atoms with Gasteiger partial charge in [0.2, 0.25) is 11.8 Å². The predicted octanol–water partition coefficient (Wildman–Crippen LogP) is 3.47. The van der Waals surface area contributed by atoms with Crippen LogP contribution in [0.25, 0.3) is 0 Å². The quantitative estimate of drug-likeness (QED) is 0.355. The fourth-order valence-corrected chi connectivity index (χ4v) is 5.01. The van der Waals surface area contributed by atoms with Crippen LogP contribution in [-0.4, -0.2) is 22.6 Å². The fourth-order valence-electron chi connectivity index (χ4n) is 5.01. The first-order valence-corrected chi connectivity index (χ1v) is 10.1. The van der Waals surface area contributed by atoms with Gasteiger partial charge >= 0.3 is 0 Å². The molecule has 0 radical (unpaired) electrons. The second kappa shape index (κ2) is 6.87. The molecular weight excluding hydrogens is 398 g/mol. The van der Waals surface area contributed by atoms with Crippen LogP contribution in [0.2, 0.25) is 0 Å². The Morgan fingerprint density at radius 1 is 1.03 bits per heavy atom. The molecule has 5 rings (SSSR count). The third kappa shape index (κ3) is 2.94. The second-order valence-corrected chi connectivity index (χ2v) is 8.27. The van der Waals surface area contributed by atoms with Crippen molar-refractivity contribution in [2.45, 2.75) is 13.3 Å². The van der Waals surface area contributed by atoms with Crippen molar-refractivity contribution in [1.82, 2.24) is 0 Å². The number of nitrogens with one attached hydrogen (secondary N) is 1. The van der Waals surface area contributed by atoms with Crippen molar-refractivity contribution in [3.05, 3.63) is 75.9 Å². The lowest BCUT2D eigenvalue weighted by Gasteiger charge is -2.17. The van der Waals surface area contributed by atoms with E-state index in [1.165, 1.54) is 23.1 Å². The third-order valence-electron chi connectivity index (χ3n) is 6.52. The van der Waals surface area contributed by atoms with Gasteiger partial charge in [-0.05, 0) is 55.5 Å². The molecule has 0 aromatic heterocycles. The molecule has 1 heterocycles. The van der Waals surface area contributed by atoms with Crippen LogP contribution in [-0.2, 0) is 9.59 Å². The molecule has 8 heteroatoms. The van der Waals surface area contributed by atoms with Crippen LogP contribution >= 0.6 is 0 Å².